The van der Waals surface area contributed by atoms with Crippen LogP contribution >= 0.6 is 0 Å². The normalized spacial score (nSPS) is 0. The Kier molecular flexibility index (Phi) is 170. The first-order valence-electron chi connectivity index (χ1n) is 0. The van der Waals surface area contributed by atoms with Gasteiger partial charge in [0.25, 0.3) is 0 Å². The second-order valence-corrected chi connectivity index (χ2v) is 0. The van der Waals surface area contributed by atoms with Crippen LogP contribution in [0, 0.1) is 0 Å². The first-order chi connectivity index (χ1) is 0. The molecular formula is AgCdCuO+3. The Morgan fingerprint density at radius 2 is 1.00 bits per heavy atom. The van der Waals surface area contributed by atoms with E-state index in [0.717, 1.165) is 0 Å². The molecule has 0 spiro atoms. The molecule has 4 heavy (non-hydrogen) atoms. The van der Waals surface area contributed by atoms with E-state index in [2.05, 4.69) is 0 Å². The Morgan fingerprint density at radius 1 is 1.00 bits per heavy atom. The number of hydrogen-bond donors (Lipinski definition) is 0. The molecule has 0 atom stereocenters. The molecule has 0 aromatic carbocycles. The molecule has 0 aromatic heterocycles. The molecule has 0 N–H and O–H groups in total. The van der Waals surface area contributed by atoms with Gasteiger partial charge in [-0.05, 0) is 0 Å². The van der Waals surface area contributed by atoms with Crippen LogP contribution in [0.3, 0.4) is 0 Å². The van der Waals surface area contributed by atoms with Crippen LogP contribution in [0.1, 0.15) is 0 Å². The molecule has 0 bridgehead atoms. The van der Waals surface area contributed by atoms with Gasteiger partial charge in [-0.3, -0.25) is 0 Å². The summed E-state index contributed by atoms with van der Waals surface area (Å²) < 4.78 is 0. The van der Waals surface area contributed by atoms with Crippen molar-refractivity contribution in [1.82, 2.24) is 0 Å². The van der Waals surface area contributed by atoms with Gasteiger partial charge in [0.05, 0.1) is 0 Å². The fourth-order valence-electron chi connectivity index (χ4n) is 0. The predicted octanol–water partition coefficient (Wildman–Crippen LogP) is -0.126. The third-order valence-corrected chi connectivity index (χ3v) is 0. The minimum absolute atomic E-state index is 0. The third-order valence-electron chi connectivity index (χ3n) is 0. The van der Waals surface area contributed by atoms with E-state index in [1.807, 2.05) is 0 Å². The molecule has 0 aliphatic rings. The summed E-state index contributed by atoms with van der Waals surface area (Å²) in [6, 6.07) is 0. The second-order valence-electron chi connectivity index (χ2n) is 0. The standard InChI is InChI=1S/Ag.Cd.Cu.O/q+1;2*+2;-2. The zero-order valence-electron chi connectivity index (χ0n) is 1.72. The fourth-order valence-corrected chi connectivity index (χ4v) is 0. The Morgan fingerprint density at radius 3 is 1.00 bits per heavy atom. The van der Waals surface area contributed by atoms with E-state index in [-0.39, 0.29) is 72.2 Å². The molecule has 1 nitrogen and oxygen atoms in total. The molecule has 0 aliphatic carbocycles. The quantitative estimate of drug-likeness (QED) is 0.558. The maximum absolute atomic E-state index is 0. The van der Waals surface area contributed by atoms with Gasteiger partial charge in [0, 0.05) is 0 Å². The summed E-state index contributed by atoms with van der Waals surface area (Å²) in [4.78, 5) is 0. The Labute approximate surface area is 71.4 Å². The van der Waals surface area contributed by atoms with E-state index in [4.69, 9.17) is 0 Å². The average molecular weight is 300 g/mol. The molecule has 0 fully saturated rings. The van der Waals surface area contributed by atoms with Crippen LogP contribution < -0.4 is 0 Å². The zero-order chi connectivity index (χ0) is 0. The summed E-state index contributed by atoms with van der Waals surface area (Å²) in [7, 11) is 0. The molecule has 0 heterocycles. The van der Waals surface area contributed by atoms with Crippen molar-refractivity contribution in [2.24, 2.45) is 0 Å². The van der Waals surface area contributed by atoms with E-state index in [1.165, 1.54) is 0 Å². The summed E-state index contributed by atoms with van der Waals surface area (Å²) in [6.07, 6.45) is 0. The first-order valence-corrected chi connectivity index (χ1v) is 0. The maximum atomic E-state index is 0. The molecule has 0 rings (SSSR count). The molecule has 0 aromatic rings. The molecule has 0 unspecified atom stereocenters. The Balaban J connectivity index is 0. The van der Waals surface area contributed by atoms with Crippen molar-refractivity contribution in [3.63, 3.8) is 0 Å². The monoisotopic (exact) mass is 300 g/mol. The van der Waals surface area contributed by atoms with Crippen molar-refractivity contribution in [2.45, 2.75) is 0 Å². The molecule has 0 amide bonds. The summed E-state index contributed by atoms with van der Waals surface area (Å²) in [5, 5.41) is 0. The Bertz CT molecular complexity index is 8.00. The topological polar surface area (TPSA) is 28.5 Å². The molecule has 0 aliphatic heterocycles. The van der Waals surface area contributed by atoms with E-state index in [9.17, 15) is 0 Å². The van der Waals surface area contributed by atoms with E-state index < -0.39 is 0 Å². The third kappa shape index (κ3) is 8.91. The summed E-state index contributed by atoms with van der Waals surface area (Å²) in [6.45, 7) is 0. The van der Waals surface area contributed by atoms with Gasteiger partial charge >= 0.3 is 66.7 Å². The molecule has 1 radical (unpaired) electrons. The Hall–Kier alpha value is 2.14. The van der Waals surface area contributed by atoms with Crippen molar-refractivity contribution >= 4 is 0 Å². The van der Waals surface area contributed by atoms with E-state index in [0.29, 0.717) is 0 Å². The molecular weight excluding hydrogens is 300 g/mol. The van der Waals surface area contributed by atoms with Gasteiger partial charge in [-0.1, -0.05) is 0 Å². The van der Waals surface area contributed by atoms with Crippen LogP contribution in [0.2, 0.25) is 0 Å². The smallest absolute Gasteiger partial charge is 2.00 e. The SMILES string of the molecule is [Ag+].[Cd+2].[Cu+2].[O-2]. The van der Waals surface area contributed by atoms with Gasteiger partial charge in [-0.25, -0.2) is 0 Å². The summed E-state index contributed by atoms with van der Waals surface area (Å²) in [5.41, 5.74) is 0. The summed E-state index contributed by atoms with van der Waals surface area (Å²) in [5.74, 6) is 0. The van der Waals surface area contributed by atoms with Crippen LogP contribution in [-0.4, -0.2) is 0 Å². The van der Waals surface area contributed by atoms with Crippen LogP contribution in [0.15, 0.2) is 0 Å². The van der Waals surface area contributed by atoms with E-state index >= 15 is 0 Å². The molecule has 0 saturated heterocycles. The van der Waals surface area contributed by atoms with Crippen molar-refractivity contribution in [3.05, 3.63) is 0 Å². The van der Waals surface area contributed by atoms with Gasteiger partial charge in [-0.15, -0.1) is 0 Å². The van der Waals surface area contributed by atoms with Crippen LogP contribution in [0.25, 0.3) is 0 Å². The van der Waals surface area contributed by atoms with Crippen molar-refractivity contribution in [1.29, 1.82) is 0 Å². The van der Waals surface area contributed by atoms with Crippen molar-refractivity contribution < 1.29 is 72.2 Å². The minimum Gasteiger partial charge on any atom is -2.00 e. The maximum Gasteiger partial charge on any atom is 2.00 e. The van der Waals surface area contributed by atoms with Crippen molar-refractivity contribution in [3.8, 4) is 0 Å². The fraction of sp³-hybridized carbons (Fsp3) is 0. The van der Waals surface area contributed by atoms with Gasteiger partial charge < -0.3 is 5.48 Å². The number of hydrogen-bond acceptors (Lipinski definition) is 0. The van der Waals surface area contributed by atoms with E-state index in [1.54, 1.807) is 0 Å². The van der Waals surface area contributed by atoms with Gasteiger partial charge in [0.2, 0.25) is 0 Å². The van der Waals surface area contributed by atoms with Crippen molar-refractivity contribution in [2.75, 3.05) is 0 Å². The van der Waals surface area contributed by atoms with Gasteiger partial charge in [-0.2, -0.15) is 0 Å². The first kappa shape index (κ1) is 35.4. The second kappa shape index (κ2) is 19.2. The largest absolute Gasteiger partial charge is 2.00 e. The predicted molar refractivity (Wildman–Crippen MR) is 0.686 cm³/mol. The average Bonchev–Trinajstić information content (AvgIpc) is 0. The molecule has 27 valence electrons. The summed E-state index contributed by atoms with van der Waals surface area (Å²) >= 11 is 0. The van der Waals surface area contributed by atoms with Crippen LogP contribution in [0.5, 0.6) is 0 Å². The number of rotatable bonds is 0. The van der Waals surface area contributed by atoms with Gasteiger partial charge in [0.15, 0.2) is 0 Å². The minimum atomic E-state index is 0. The van der Waals surface area contributed by atoms with Crippen LogP contribution in [-0.2, 0) is 72.2 Å². The molecule has 0 saturated carbocycles. The van der Waals surface area contributed by atoms with Gasteiger partial charge in [0.1, 0.15) is 0 Å². The zero-order valence-corrected chi connectivity index (χ0v) is 8.18. The molecule has 4 heteroatoms. The van der Waals surface area contributed by atoms with Crippen LogP contribution in [0.4, 0.5) is 0 Å².